The van der Waals surface area contributed by atoms with Crippen LogP contribution in [0.3, 0.4) is 0 Å². The molecule has 3 N–H and O–H groups in total. The first-order valence-corrected chi connectivity index (χ1v) is 3.72. The van der Waals surface area contributed by atoms with Crippen LogP contribution >= 0.6 is 0 Å². The van der Waals surface area contributed by atoms with E-state index in [1.165, 1.54) is 12.1 Å². The molecule has 0 fully saturated rings. The van der Waals surface area contributed by atoms with Crippen LogP contribution in [0.5, 0.6) is 0 Å². The van der Waals surface area contributed by atoms with E-state index in [0.29, 0.717) is 6.54 Å². The molecule has 0 bridgehead atoms. The van der Waals surface area contributed by atoms with Gasteiger partial charge in [0.05, 0.1) is 0 Å². The Kier molecular flexibility index (Phi) is 2.76. The van der Waals surface area contributed by atoms with Crippen LogP contribution in [0.2, 0.25) is 0 Å². The predicted molar refractivity (Wildman–Crippen MR) is 46.3 cm³/mol. The molecular formula is C9H9NO3. The highest BCUT2D eigenvalue weighted by atomic mass is 16.4. The van der Waals surface area contributed by atoms with Crippen molar-refractivity contribution in [3.8, 4) is 0 Å². The summed E-state index contributed by atoms with van der Waals surface area (Å²) in [6.45, 7) is 0.292. The lowest BCUT2D eigenvalue weighted by molar-refractivity contribution is -0.131. The third-order valence-corrected chi connectivity index (χ3v) is 1.62. The van der Waals surface area contributed by atoms with Gasteiger partial charge in [-0.1, -0.05) is 18.2 Å². The number of carbonyl (C=O) groups excluding carboxylic acids is 1. The van der Waals surface area contributed by atoms with Gasteiger partial charge in [-0.2, -0.15) is 0 Å². The molecule has 68 valence electrons. The zero-order valence-corrected chi connectivity index (χ0v) is 6.86. The first kappa shape index (κ1) is 9.41. The third-order valence-electron chi connectivity index (χ3n) is 1.62. The molecule has 13 heavy (non-hydrogen) atoms. The maximum atomic E-state index is 11.0. The van der Waals surface area contributed by atoms with Crippen molar-refractivity contribution in [2.24, 2.45) is 5.73 Å². The zero-order chi connectivity index (χ0) is 9.84. The summed E-state index contributed by atoms with van der Waals surface area (Å²) in [5, 5.41) is 8.42. The van der Waals surface area contributed by atoms with E-state index in [0.717, 1.165) is 5.56 Å². The summed E-state index contributed by atoms with van der Waals surface area (Å²) in [6, 6.07) is 6.28. The summed E-state index contributed by atoms with van der Waals surface area (Å²) in [5.74, 6) is -2.36. The molecule has 0 atom stereocenters. The number of carboxylic acids is 1. The number of carboxylic acid groups (broad SMARTS) is 1. The topological polar surface area (TPSA) is 80.4 Å². The molecule has 0 unspecified atom stereocenters. The van der Waals surface area contributed by atoms with Crippen LogP contribution in [0.25, 0.3) is 0 Å². The second kappa shape index (κ2) is 3.82. The molecule has 0 aliphatic rings. The van der Waals surface area contributed by atoms with Crippen molar-refractivity contribution in [1.82, 2.24) is 0 Å². The molecule has 0 aromatic heterocycles. The lowest BCUT2D eigenvalue weighted by atomic mass is 10.1. The Morgan fingerprint density at radius 1 is 1.38 bits per heavy atom. The highest BCUT2D eigenvalue weighted by Gasteiger charge is 2.13. The minimum atomic E-state index is -1.45. The van der Waals surface area contributed by atoms with Crippen LogP contribution in [0.1, 0.15) is 15.9 Å². The van der Waals surface area contributed by atoms with E-state index >= 15 is 0 Å². The van der Waals surface area contributed by atoms with Crippen LogP contribution < -0.4 is 5.73 Å². The lowest BCUT2D eigenvalue weighted by Crippen LogP contribution is -2.13. The number of hydrogen-bond donors (Lipinski definition) is 2. The predicted octanol–water partition coefficient (Wildman–Crippen LogP) is 0.413. The number of aliphatic carboxylic acids is 1. The summed E-state index contributed by atoms with van der Waals surface area (Å²) in [5.41, 5.74) is 6.24. The molecule has 0 heterocycles. The number of benzene rings is 1. The molecule has 1 rings (SSSR count). The monoisotopic (exact) mass is 179 g/mol. The van der Waals surface area contributed by atoms with Gasteiger partial charge >= 0.3 is 5.97 Å². The molecule has 0 spiro atoms. The Morgan fingerprint density at radius 3 is 2.62 bits per heavy atom. The molecular weight excluding hydrogens is 170 g/mol. The fourth-order valence-electron chi connectivity index (χ4n) is 0.963. The molecule has 1 aromatic carbocycles. The van der Waals surface area contributed by atoms with Gasteiger partial charge in [-0.15, -0.1) is 0 Å². The molecule has 4 nitrogen and oxygen atoms in total. The van der Waals surface area contributed by atoms with E-state index in [1.54, 1.807) is 12.1 Å². The summed E-state index contributed by atoms with van der Waals surface area (Å²) in [7, 11) is 0. The number of Topliss-reactive ketones (excluding diaryl/α,β-unsaturated/α-hetero) is 1. The molecule has 0 aliphatic heterocycles. The molecule has 0 radical (unpaired) electrons. The van der Waals surface area contributed by atoms with E-state index in [4.69, 9.17) is 10.8 Å². The van der Waals surface area contributed by atoms with Gasteiger partial charge in [-0.25, -0.2) is 4.79 Å². The largest absolute Gasteiger partial charge is 0.475 e. The minimum Gasteiger partial charge on any atom is -0.475 e. The maximum Gasteiger partial charge on any atom is 0.377 e. The van der Waals surface area contributed by atoms with Gasteiger partial charge in [-0.05, 0) is 11.6 Å². The zero-order valence-electron chi connectivity index (χ0n) is 6.86. The highest BCUT2D eigenvalue weighted by Crippen LogP contribution is 2.05. The minimum absolute atomic E-state index is 0.162. The molecule has 4 heteroatoms. The number of ketones is 1. The average Bonchev–Trinajstić information content (AvgIpc) is 2.16. The van der Waals surface area contributed by atoms with Crippen molar-refractivity contribution in [2.45, 2.75) is 6.54 Å². The van der Waals surface area contributed by atoms with Crippen molar-refractivity contribution >= 4 is 11.8 Å². The van der Waals surface area contributed by atoms with Crippen molar-refractivity contribution in [3.63, 3.8) is 0 Å². The van der Waals surface area contributed by atoms with Crippen LogP contribution in [0.15, 0.2) is 24.3 Å². The highest BCUT2D eigenvalue weighted by molar-refractivity contribution is 6.39. The molecule has 0 saturated carbocycles. The Hall–Kier alpha value is -1.68. The normalized spacial score (nSPS) is 9.62. The number of nitrogens with two attached hydrogens (primary N) is 1. The van der Waals surface area contributed by atoms with Crippen molar-refractivity contribution < 1.29 is 14.7 Å². The van der Waals surface area contributed by atoms with Gasteiger partial charge in [0, 0.05) is 12.1 Å². The van der Waals surface area contributed by atoms with Crippen molar-refractivity contribution in [2.75, 3.05) is 0 Å². The smallest absolute Gasteiger partial charge is 0.377 e. The lowest BCUT2D eigenvalue weighted by Gasteiger charge is -1.98. The quantitative estimate of drug-likeness (QED) is 0.520. The second-order valence-corrected chi connectivity index (χ2v) is 2.54. The summed E-state index contributed by atoms with van der Waals surface area (Å²) in [4.78, 5) is 21.3. The molecule has 0 aliphatic carbocycles. The van der Waals surface area contributed by atoms with Gasteiger partial charge in [0.15, 0.2) is 0 Å². The molecule has 1 aromatic rings. The van der Waals surface area contributed by atoms with Gasteiger partial charge in [0.2, 0.25) is 0 Å². The second-order valence-electron chi connectivity index (χ2n) is 2.54. The van der Waals surface area contributed by atoms with E-state index in [2.05, 4.69) is 0 Å². The van der Waals surface area contributed by atoms with Crippen LogP contribution in [-0.2, 0) is 11.3 Å². The van der Waals surface area contributed by atoms with Crippen LogP contribution in [-0.4, -0.2) is 16.9 Å². The van der Waals surface area contributed by atoms with E-state index in [-0.39, 0.29) is 5.56 Å². The fourth-order valence-corrected chi connectivity index (χ4v) is 0.963. The Labute approximate surface area is 75.0 Å². The SMILES string of the molecule is NCc1cccc(C(=O)C(=O)O)c1. The first-order chi connectivity index (χ1) is 6.15. The fraction of sp³-hybridized carbons (Fsp3) is 0.111. The number of carbonyl (C=O) groups is 2. The first-order valence-electron chi connectivity index (χ1n) is 3.72. The average molecular weight is 179 g/mol. The Morgan fingerprint density at radius 2 is 2.08 bits per heavy atom. The van der Waals surface area contributed by atoms with Gasteiger partial charge in [-0.3, -0.25) is 4.79 Å². The summed E-state index contributed by atoms with van der Waals surface area (Å²) < 4.78 is 0. The maximum absolute atomic E-state index is 11.0. The summed E-state index contributed by atoms with van der Waals surface area (Å²) >= 11 is 0. The van der Waals surface area contributed by atoms with E-state index in [9.17, 15) is 9.59 Å². The van der Waals surface area contributed by atoms with Gasteiger partial charge < -0.3 is 10.8 Å². The molecule has 0 saturated heterocycles. The van der Waals surface area contributed by atoms with Gasteiger partial charge in [0.25, 0.3) is 5.78 Å². The van der Waals surface area contributed by atoms with Crippen LogP contribution in [0.4, 0.5) is 0 Å². The van der Waals surface area contributed by atoms with E-state index < -0.39 is 11.8 Å². The Bertz CT molecular complexity index is 346. The standard InChI is InChI=1S/C9H9NO3/c10-5-6-2-1-3-7(4-6)8(11)9(12)13/h1-4H,5,10H2,(H,12,13). The van der Waals surface area contributed by atoms with Crippen molar-refractivity contribution in [3.05, 3.63) is 35.4 Å². The van der Waals surface area contributed by atoms with E-state index in [1.807, 2.05) is 0 Å². The number of hydrogen-bond acceptors (Lipinski definition) is 3. The third kappa shape index (κ3) is 2.13. The van der Waals surface area contributed by atoms with Crippen LogP contribution in [0, 0.1) is 0 Å². The van der Waals surface area contributed by atoms with Gasteiger partial charge in [0.1, 0.15) is 0 Å². The Balaban J connectivity index is 3.02. The van der Waals surface area contributed by atoms with Crippen molar-refractivity contribution in [1.29, 1.82) is 0 Å². The number of rotatable bonds is 3. The summed E-state index contributed by atoms with van der Waals surface area (Å²) in [6.07, 6.45) is 0. The molecule has 0 amide bonds.